The third-order valence-corrected chi connectivity index (χ3v) is 4.90. The van der Waals surface area contributed by atoms with E-state index in [4.69, 9.17) is 0 Å². The number of fused-ring (bicyclic) bond motifs is 1. The van der Waals surface area contributed by atoms with Gasteiger partial charge in [-0.1, -0.05) is 19.1 Å². The SMILES string of the molecule is CCC1(c2cccc([N+](=O)[O-])c2)[C@@H]2CN(C)C[C@@H]21. The first-order valence-electron chi connectivity index (χ1n) is 6.53. The highest BCUT2D eigenvalue weighted by Crippen LogP contribution is 2.65. The highest BCUT2D eigenvalue weighted by atomic mass is 16.6. The van der Waals surface area contributed by atoms with Crippen molar-refractivity contribution in [3.05, 3.63) is 39.9 Å². The van der Waals surface area contributed by atoms with E-state index in [1.165, 1.54) is 5.56 Å². The number of rotatable bonds is 3. The summed E-state index contributed by atoms with van der Waals surface area (Å²) in [6.45, 7) is 4.46. The maximum Gasteiger partial charge on any atom is 0.269 e. The van der Waals surface area contributed by atoms with E-state index in [9.17, 15) is 10.1 Å². The lowest BCUT2D eigenvalue weighted by atomic mass is 9.87. The van der Waals surface area contributed by atoms with Gasteiger partial charge in [-0.3, -0.25) is 10.1 Å². The molecule has 1 saturated heterocycles. The third kappa shape index (κ3) is 1.42. The Labute approximate surface area is 107 Å². The summed E-state index contributed by atoms with van der Waals surface area (Å²) in [5.41, 5.74) is 1.60. The Bertz CT molecular complexity index is 488. The average molecular weight is 246 g/mol. The molecule has 1 aliphatic heterocycles. The zero-order valence-electron chi connectivity index (χ0n) is 10.8. The van der Waals surface area contributed by atoms with Crippen molar-refractivity contribution in [2.24, 2.45) is 11.8 Å². The minimum atomic E-state index is -0.294. The molecule has 3 rings (SSSR count). The van der Waals surface area contributed by atoms with E-state index in [2.05, 4.69) is 24.9 Å². The number of nitrogens with zero attached hydrogens (tertiary/aromatic N) is 2. The summed E-state index contributed by atoms with van der Waals surface area (Å²) in [5.74, 6) is 1.38. The molecule has 1 aromatic carbocycles. The Morgan fingerprint density at radius 1 is 1.44 bits per heavy atom. The molecular formula is C14H18N2O2. The van der Waals surface area contributed by atoms with E-state index in [1.54, 1.807) is 12.1 Å². The van der Waals surface area contributed by atoms with Crippen LogP contribution in [0.5, 0.6) is 0 Å². The van der Waals surface area contributed by atoms with Gasteiger partial charge in [0.1, 0.15) is 0 Å². The van der Waals surface area contributed by atoms with Gasteiger partial charge in [0.2, 0.25) is 0 Å². The number of hydrogen-bond donors (Lipinski definition) is 0. The molecule has 0 radical (unpaired) electrons. The van der Waals surface area contributed by atoms with Gasteiger partial charge in [0.05, 0.1) is 4.92 Å². The lowest BCUT2D eigenvalue weighted by molar-refractivity contribution is -0.384. The minimum Gasteiger partial charge on any atom is -0.306 e. The Kier molecular flexibility index (Phi) is 2.45. The fraction of sp³-hybridized carbons (Fsp3) is 0.571. The number of piperidine rings is 1. The summed E-state index contributed by atoms with van der Waals surface area (Å²) < 4.78 is 0. The first kappa shape index (κ1) is 11.7. The van der Waals surface area contributed by atoms with Crippen molar-refractivity contribution < 1.29 is 4.92 Å². The summed E-state index contributed by atoms with van der Waals surface area (Å²) in [4.78, 5) is 13.0. The van der Waals surface area contributed by atoms with Crippen LogP contribution in [0, 0.1) is 22.0 Å². The van der Waals surface area contributed by atoms with E-state index in [1.807, 2.05) is 6.07 Å². The normalized spacial score (nSPS) is 34.3. The van der Waals surface area contributed by atoms with Crippen LogP contribution in [-0.4, -0.2) is 30.0 Å². The summed E-state index contributed by atoms with van der Waals surface area (Å²) in [5, 5.41) is 10.9. The molecule has 1 aliphatic carbocycles. The molecular weight excluding hydrogens is 228 g/mol. The van der Waals surface area contributed by atoms with Crippen LogP contribution in [0.15, 0.2) is 24.3 Å². The van der Waals surface area contributed by atoms with Crippen LogP contribution in [-0.2, 0) is 5.41 Å². The van der Waals surface area contributed by atoms with Gasteiger partial charge in [-0.25, -0.2) is 0 Å². The standard InChI is InChI=1S/C14H18N2O2/c1-3-14(12-8-15(2)9-13(12)14)10-5-4-6-11(7-10)16(17)18/h4-7,12-13H,3,8-9H2,1-2H3/t12-,13+,14?. The van der Waals surface area contributed by atoms with E-state index >= 15 is 0 Å². The molecule has 4 heteroatoms. The topological polar surface area (TPSA) is 46.4 Å². The number of likely N-dealkylation sites (tertiary alicyclic amines) is 1. The van der Waals surface area contributed by atoms with Crippen molar-refractivity contribution in [3.63, 3.8) is 0 Å². The minimum absolute atomic E-state index is 0.207. The van der Waals surface area contributed by atoms with Gasteiger partial charge in [0.25, 0.3) is 5.69 Å². The van der Waals surface area contributed by atoms with Crippen LogP contribution in [0.1, 0.15) is 18.9 Å². The number of non-ortho nitro benzene ring substituents is 1. The van der Waals surface area contributed by atoms with Gasteiger partial charge in [-0.15, -0.1) is 0 Å². The number of nitro benzene ring substituents is 1. The molecule has 0 bridgehead atoms. The number of benzene rings is 1. The lowest BCUT2D eigenvalue weighted by Gasteiger charge is -2.23. The van der Waals surface area contributed by atoms with E-state index in [0.29, 0.717) is 11.8 Å². The Balaban J connectivity index is 1.95. The third-order valence-electron chi connectivity index (χ3n) is 4.90. The zero-order chi connectivity index (χ0) is 12.9. The van der Waals surface area contributed by atoms with E-state index in [0.717, 1.165) is 19.5 Å². The van der Waals surface area contributed by atoms with Crippen LogP contribution in [0.3, 0.4) is 0 Å². The van der Waals surface area contributed by atoms with Gasteiger partial charge in [0, 0.05) is 30.6 Å². The Morgan fingerprint density at radius 2 is 2.11 bits per heavy atom. The Hall–Kier alpha value is -1.42. The molecule has 2 fully saturated rings. The molecule has 4 nitrogen and oxygen atoms in total. The molecule has 1 saturated carbocycles. The molecule has 1 aromatic rings. The maximum absolute atomic E-state index is 10.9. The van der Waals surface area contributed by atoms with E-state index in [-0.39, 0.29) is 16.0 Å². The molecule has 3 atom stereocenters. The summed E-state index contributed by atoms with van der Waals surface area (Å²) in [7, 11) is 2.15. The van der Waals surface area contributed by atoms with Gasteiger partial charge >= 0.3 is 0 Å². The predicted molar refractivity (Wildman–Crippen MR) is 69.5 cm³/mol. The monoisotopic (exact) mass is 246 g/mol. The van der Waals surface area contributed by atoms with Gasteiger partial charge in [-0.2, -0.15) is 0 Å². The molecule has 1 unspecified atom stereocenters. The first-order valence-corrected chi connectivity index (χ1v) is 6.53. The molecule has 0 N–H and O–H groups in total. The van der Waals surface area contributed by atoms with Crippen molar-refractivity contribution in [1.82, 2.24) is 4.90 Å². The van der Waals surface area contributed by atoms with Crippen molar-refractivity contribution >= 4 is 5.69 Å². The average Bonchev–Trinajstić information content (AvgIpc) is 2.76. The van der Waals surface area contributed by atoms with Crippen molar-refractivity contribution in [3.8, 4) is 0 Å². The van der Waals surface area contributed by atoms with Gasteiger partial charge in [-0.05, 0) is 30.9 Å². The van der Waals surface area contributed by atoms with Crippen LogP contribution < -0.4 is 0 Å². The van der Waals surface area contributed by atoms with Crippen LogP contribution in [0.2, 0.25) is 0 Å². The predicted octanol–water partition coefficient (Wildman–Crippen LogP) is 2.43. The molecule has 0 spiro atoms. The fourth-order valence-electron chi connectivity index (χ4n) is 4.00. The number of hydrogen-bond acceptors (Lipinski definition) is 3. The van der Waals surface area contributed by atoms with Crippen LogP contribution in [0.4, 0.5) is 5.69 Å². The van der Waals surface area contributed by atoms with Crippen LogP contribution in [0.25, 0.3) is 0 Å². The summed E-state index contributed by atoms with van der Waals surface area (Å²) >= 11 is 0. The highest BCUT2D eigenvalue weighted by molar-refractivity contribution is 5.44. The summed E-state index contributed by atoms with van der Waals surface area (Å²) in [6, 6.07) is 7.25. The molecule has 1 heterocycles. The molecule has 0 aromatic heterocycles. The second-order valence-electron chi connectivity index (χ2n) is 5.64. The van der Waals surface area contributed by atoms with Crippen molar-refractivity contribution in [2.45, 2.75) is 18.8 Å². The maximum atomic E-state index is 10.9. The van der Waals surface area contributed by atoms with Crippen molar-refractivity contribution in [1.29, 1.82) is 0 Å². The largest absolute Gasteiger partial charge is 0.306 e. The quantitative estimate of drug-likeness (QED) is 0.608. The molecule has 0 amide bonds. The second kappa shape index (κ2) is 3.79. The van der Waals surface area contributed by atoms with Gasteiger partial charge in [0.15, 0.2) is 0 Å². The second-order valence-corrected chi connectivity index (χ2v) is 5.64. The molecule has 18 heavy (non-hydrogen) atoms. The fourth-order valence-corrected chi connectivity index (χ4v) is 4.00. The first-order chi connectivity index (χ1) is 8.59. The number of nitro groups is 1. The molecule has 2 aliphatic rings. The molecule has 96 valence electrons. The Morgan fingerprint density at radius 3 is 2.67 bits per heavy atom. The smallest absolute Gasteiger partial charge is 0.269 e. The van der Waals surface area contributed by atoms with Crippen LogP contribution >= 0.6 is 0 Å². The van der Waals surface area contributed by atoms with Crippen molar-refractivity contribution in [2.75, 3.05) is 20.1 Å². The van der Waals surface area contributed by atoms with E-state index < -0.39 is 0 Å². The summed E-state index contributed by atoms with van der Waals surface area (Å²) in [6.07, 6.45) is 1.08. The zero-order valence-corrected chi connectivity index (χ0v) is 10.8. The highest BCUT2D eigenvalue weighted by Gasteiger charge is 2.66. The lowest BCUT2D eigenvalue weighted by Crippen LogP contribution is -2.27. The van der Waals surface area contributed by atoms with Gasteiger partial charge < -0.3 is 4.90 Å².